The van der Waals surface area contributed by atoms with Crippen molar-refractivity contribution >= 4 is 33.2 Å². The van der Waals surface area contributed by atoms with Gasteiger partial charge >= 0.3 is 0 Å². The van der Waals surface area contributed by atoms with E-state index in [2.05, 4.69) is 37.5 Å². The molecule has 1 N–H and O–H groups in total. The van der Waals surface area contributed by atoms with Gasteiger partial charge in [-0.1, -0.05) is 36.9 Å². The summed E-state index contributed by atoms with van der Waals surface area (Å²) in [5, 5.41) is 0. The van der Waals surface area contributed by atoms with E-state index < -0.39 is 11.3 Å². The van der Waals surface area contributed by atoms with E-state index >= 15 is 0 Å². The standard InChI is InChI=1S/C18H14BrF2N3/c1-2-11-3-5-12(6-4-11)17(9-18(20,21)10-17)16-23-14-7-13(19)8-22-15(14)24-16/h2-8H,1,9-10H2,(H,22,23,24). The number of nitrogens with zero attached hydrogens (tertiary/aromatic N) is 2. The van der Waals surface area contributed by atoms with Crippen LogP contribution in [0.3, 0.4) is 0 Å². The molecule has 3 aromatic rings. The van der Waals surface area contributed by atoms with Crippen LogP contribution in [0.5, 0.6) is 0 Å². The molecule has 2 heterocycles. The molecule has 3 nitrogen and oxygen atoms in total. The van der Waals surface area contributed by atoms with Gasteiger partial charge in [0.05, 0.1) is 10.9 Å². The normalized spacial score (nSPS) is 18.3. The molecular formula is C18H14BrF2N3. The number of benzene rings is 1. The van der Waals surface area contributed by atoms with Crippen LogP contribution < -0.4 is 0 Å². The van der Waals surface area contributed by atoms with Crippen molar-refractivity contribution in [2.45, 2.75) is 24.2 Å². The highest BCUT2D eigenvalue weighted by molar-refractivity contribution is 9.10. The largest absolute Gasteiger partial charge is 0.340 e. The molecule has 0 spiro atoms. The van der Waals surface area contributed by atoms with Crippen LogP contribution in [0.4, 0.5) is 8.78 Å². The second kappa shape index (κ2) is 5.21. The van der Waals surface area contributed by atoms with Crippen molar-refractivity contribution in [1.29, 1.82) is 0 Å². The lowest BCUT2D eigenvalue weighted by atomic mass is 9.61. The number of imidazole rings is 1. The zero-order valence-corrected chi connectivity index (χ0v) is 14.3. The van der Waals surface area contributed by atoms with Gasteiger partial charge in [0.15, 0.2) is 5.65 Å². The first-order chi connectivity index (χ1) is 11.4. The average molecular weight is 390 g/mol. The molecule has 1 aliphatic carbocycles. The molecule has 0 unspecified atom stereocenters. The molecule has 1 aliphatic rings. The lowest BCUT2D eigenvalue weighted by Gasteiger charge is -2.46. The predicted molar refractivity (Wildman–Crippen MR) is 93.1 cm³/mol. The van der Waals surface area contributed by atoms with Gasteiger partial charge in [0.25, 0.3) is 5.92 Å². The molecular weight excluding hydrogens is 376 g/mol. The van der Waals surface area contributed by atoms with Crippen molar-refractivity contribution < 1.29 is 8.78 Å². The fraction of sp³-hybridized carbons (Fsp3) is 0.222. The molecule has 2 aromatic heterocycles. The number of H-pyrrole nitrogens is 1. The minimum absolute atomic E-state index is 0.256. The maximum atomic E-state index is 13.8. The number of nitrogens with one attached hydrogen (secondary N) is 1. The number of rotatable bonds is 3. The van der Waals surface area contributed by atoms with Crippen LogP contribution in [0.25, 0.3) is 17.2 Å². The Hall–Kier alpha value is -2.08. The Labute approximate surface area is 146 Å². The first-order valence-corrected chi connectivity index (χ1v) is 8.34. The molecule has 0 saturated heterocycles. The van der Waals surface area contributed by atoms with Gasteiger partial charge < -0.3 is 4.98 Å². The topological polar surface area (TPSA) is 41.6 Å². The van der Waals surface area contributed by atoms with Crippen LogP contribution in [0.2, 0.25) is 0 Å². The molecule has 0 bridgehead atoms. The molecule has 1 aromatic carbocycles. The van der Waals surface area contributed by atoms with Crippen molar-refractivity contribution in [2.75, 3.05) is 0 Å². The number of halogens is 3. The highest BCUT2D eigenvalue weighted by Gasteiger charge is 2.59. The van der Waals surface area contributed by atoms with Crippen LogP contribution in [-0.4, -0.2) is 20.9 Å². The van der Waals surface area contributed by atoms with Crippen molar-refractivity contribution in [3.8, 4) is 0 Å². The van der Waals surface area contributed by atoms with Gasteiger partial charge in [-0.3, -0.25) is 0 Å². The number of fused-ring (bicyclic) bond motifs is 1. The summed E-state index contributed by atoms with van der Waals surface area (Å²) in [5.41, 5.74) is 2.24. The maximum Gasteiger partial charge on any atom is 0.250 e. The third-order valence-electron chi connectivity index (χ3n) is 4.58. The van der Waals surface area contributed by atoms with Gasteiger partial charge in [0.2, 0.25) is 0 Å². The SMILES string of the molecule is C=Cc1ccc(C2(c3nc4ncc(Br)cc4[nH]3)CC(F)(F)C2)cc1. The monoisotopic (exact) mass is 389 g/mol. The highest BCUT2D eigenvalue weighted by atomic mass is 79.9. The number of pyridine rings is 1. The summed E-state index contributed by atoms with van der Waals surface area (Å²) < 4.78 is 28.4. The van der Waals surface area contributed by atoms with E-state index in [9.17, 15) is 8.78 Å². The number of hydrogen-bond donors (Lipinski definition) is 1. The third kappa shape index (κ3) is 2.36. The van der Waals surface area contributed by atoms with E-state index in [0.717, 1.165) is 21.1 Å². The lowest BCUT2D eigenvalue weighted by molar-refractivity contribution is -0.115. The summed E-state index contributed by atoms with van der Waals surface area (Å²) in [5.74, 6) is -2.13. The predicted octanol–water partition coefficient (Wildman–Crippen LogP) is 5.08. The lowest BCUT2D eigenvalue weighted by Crippen LogP contribution is -2.50. The summed E-state index contributed by atoms with van der Waals surface area (Å²) in [4.78, 5) is 11.9. The zero-order chi connectivity index (χ0) is 16.9. The van der Waals surface area contributed by atoms with Gasteiger partial charge in [-0.25, -0.2) is 18.7 Å². The van der Waals surface area contributed by atoms with Crippen molar-refractivity contribution in [2.24, 2.45) is 0 Å². The fourth-order valence-electron chi connectivity index (χ4n) is 3.38. The van der Waals surface area contributed by atoms with E-state index in [1.54, 1.807) is 12.3 Å². The van der Waals surface area contributed by atoms with Crippen molar-refractivity contribution in [1.82, 2.24) is 15.0 Å². The molecule has 1 fully saturated rings. The first-order valence-electron chi connectivity index (χ1n) is 7.54. The second-order valence-corrected chi connectivity index (χ2v) is 7.14. The Balaban J connectivity index is 1.84. The van der Waals surface area contributed by atoms with E-state index in [0.29, 0.717) is 11.5 Å². The van der Waals surface area contributed by atoms with Gasteiger partial charge in [-0.15, -0.1) is 0 Å². The Morgan fingerprint density at radius 1 is 1.21 bits per heavy atom. The molecule has 1 saturated carbocycles. The molecule has 0 amide bonds. The summed E-state index contributed by atoms with van der Waals surface area (Å²) in [7, 11) is 0. The summed E-state index contributed by atoms with van der Waals surface area (Å²) in [6.45, 7) is 3.72. The Kier molecular flexibility index (Phi) is 3.35. The number of alkyl halides is 2. The molecule has 0 radical (unpaired) electrons. The number of aromatic nitrogens is 3. The molecule has 24 heavy (non-hydrogen) atoms. The Morgan fingerprint density at radius 3 is 2.54 bits per heavy atom. The molecule has 0 atom stereocenters. The van der Waals surface area contributed by atoms with Crippen LogP contribution >= 0.6 is 15.9 Å². The maximum absolute atomic E-state index is 13.8. The average Bonchev–Trinajstić information content (AvgIpc) is 2.95. The highest BCUT2D eigenvalue weighted by Crippen LogP contribution is 2.56. The summed E-state index contributed by atoms with van der Waals surface area (Å²) in [6.07, 6.45) is 2.87. The fourth-order valence-corrected chi connectivity index (χ4v) is 3.71. The van der Waals surface area contributed by atoms with E-state index in [1.165, 1.54) is 0 Å². The van der Waals surface area contributed by atoms with Gasteiger partial charge in [-0.2, -0.15) is 0 Å². The quantitative estimate of drug-likeness (QED) is 0.678. The van der Waals surface area contributed by atoms with Gasteiger partial charge in [-0.05, 0) is 33.1 Å². The number of hydrogen-bond acceptors (Lipinski definition) is 2. The van der Waals surface area contributed by atoms with Crippen LogP contribution in [0.1, 0.15) is 29.8 Å². The van der Waals surface area contributed by atoms with E-state index in [4.69, 9.17) is 0 Å². The first kappa shape index (κ1) is 15.4. The van der Waals surface area contributed by atoms with Crippen LogP contribution in [0, 0.1) is 0 Å². The van der Waals surface area contributed by atoms with E-state index in [-0.39, 0.29) is 12.8 Å². The van der Waals surface area contributed by atoms with Gasteiger partial charge in [0, 0.05) is 23.5 Å². The molecule has 122 valence electrons. The van der Waals surface area contributed by atoms with Crippen LogP contribution in [-0.2, 0) is 5.41 Å². The van der Waals surface area contributed by atoms with Gasteiger partial charge in [0.1, 0.15) is 5.82 Å². The Bertz CT molecular complexity index is 923. The third-order valence-corrected chi connectivity index (χ3v) is 5.01. The van der Waals surface area contributed by atoms with Crippen molar-refractivity contribution in [3.63, 3.8) is 0 Å². The molecule has 0 aliphatic heterocycles. The second-order valence-electron chi connectivity index (χ2n) is 6.23. The summed E-state index contributed by atoms with van der Waals surface area (Å²) in [6, 6.07) is 9.38. The van der Waals surface area contributed by atoms with Crippen LogP contribution in [0.15, 0.2) is 47.6 Å². The molecule has 6 heteroatoms. The summed E-state index contributed by atoms with van der Waals surface area (Å²) >= 11 is 3.36. The Morgan fingerprint density at radius 2 is 1.92 bits per heavy atom. The zero-order valence-electron chi connectivity index (χ0n) is 12.7. The smallest absolute Gasteiger partial charge is 0.250 e. The minimum Gasteiger partial charge on any atom is -0.340 e. The minimum atomic E-state index is -2.68. The molecule has 4 rings (SSSR count). The number of aromatic amines is 1. The van der Waals surface area contributed by atoms with Crippen molar-refractivity contribution in [3.05, 3.63) is 64.5 Å². The van der Waals surface area contributed by atoms with E-state index in [1.807, 2.05) is 30.3 Å².